The molecule has 1 saturated carbocycles. The largest absolute Gasteiger partial charge is 0.396 e. The minimum atomic E-state index is -0.0284. The first-order valence-corrected chi connectivity index (χ1v) is 6.05. The first kappa shape index (κ1) is 11.6. The predicted molar refractivity (Wildman–Crippen MR) is 66.2 cm³/mol. The SMILES string of the molecule is CC(C)c1ccc(C(N)C2(CO)CC2)cc1. The molecule has 1 unspecified atom stereocenters. The Hall–Kier alpha value is -0.860. The van der Waals surface area contributed by atoms with Gasteiger partial charge in [0.05, 0.1) is 6.61 Å². The van der Waals surface area contributed by atoms with Crippen LogP contribution in [-0.4, -0.2) is 11.7 Å². The van der Waals surface area contributed by atoms with Crippen molar-refractivity contribution in [3.05, 3.63) is 35.4 Å². The maximum absolute atomic E-state index is 9.35. The molecule has 2 heteroatoms. The zero-order valence-corrected chi connectivity index (χ0v) is 10.1. The molecule has 0 heterocycles. The summed E-state index contributed by atoms with van der Waals surface area (Å²) in [6, 6.07) is 8.49. The molecular weight excluding hydrogens is 198 g/mol. The van der Waals surface area contributed by atoms with E-state index in [9.17, 15) is 5.11 Å². The predicted octanol–water partition coefficient (Wildman–Crippen LogP) is 2.58. The number of benzene rings is 1. The fraction of sp³-hybridized carbons (Fsp3) is 0.571. The molecule has 0 aromatic heterocycles. The minimum absolute atomic E-state index is 0.0151. The first-order chi connectivity index (χ1) is 7.59. The lowest BCUT2D eigenvalue weighted by atomic mass is 9.90. The summed E-state index contributed by atoms with van der Waals surface area (Å²) < 4.78 is 0. The fourth-order valence-corrected chi connectivity index (χ4v) is 2.17. The molecule has 1 fully saturated rings. The molecule has 88 valence electrons. The van der Waals surface area contributed by atoms with Crippen LogP contribution in [0.15, 0.2) is 24.3 Å². The van der Waals surface area contributed by atoms with Gasteiger partial charge in [0.2, 0.25) is 0 Å². The van der Waals surface area contributed by atoms with Gasteiger partial charge in [-0.3, -0.25) is 0 Å². The summed E-state index contributed by atoms with van der Waals surface area (Å²) >= 11 is 0. The van der Waals surface area contributed by atoms with Crippen molar-refractivity contribution in [3.8, 4) is 0 Å². The van der Waals surface area contributed by atoms with E-state index in [4.69, 9.17) is 5.73 Å². The number of hydrogen-bond acceptors (Lipinski definition) is 2. The third-order valence-corrected chi connectivity index (χ3v) is 3.83. The average Bonchev–Trinajstić information content (AvgIpc) is 3.09. The van der Waals surface area contributed by atoms with Gasteiger partial charge in [0, 0.05) is 11.5 Å². The maximum atomic E-state index is 9.35. The molecule has 1 atom stereocenters. The van der Waals surface area contributed by atoms with Gasteiger partial charge in [-0.2, -0.15) is 0 Å². The van der Waals surface area contributed by atoms with Crippen LogP contribution >= 0.6 is 0 Å². The van der Waals surface area contributed by atoms with Crippen LogP contribution in [0.2, 0.25) is 0 Å². The van der Waals surface area contributed by atoms with Crippen molar-refractivity contribution in [1.82, 2.24) is 0 Å². The molecule has 0 spiro atoms. The topological polar surface area (TPSA) is 46.2 Å². The van der Waals surface area contributed by atoms with E-state index >= 15 is 0 Å². The first-order valence-electron chi connectivity index (χ1n) is 6.05. The van der Waals surface area contributed by atoms with Crippen molar-refractivity contribution < 1.29 is 5.11 Å². The summed E-state index contributed by atoms with van der Waals surface area (Å²) in [6.45, 7) is 4.58. The lowest BCUT2D eigenvalue weighted by molar-refractivity contribution is 0.188. The number of hydrogen-bond donors (Lipinski definition) is 2. The summed E-state index contributed by atoms with van der Waals surface area (Å²) in [5.74, 6) is 0.554. The van der Waals surface area contributed by atoms with Crippen LogP contribution in [0.4, 0.5) is 0 Å². The van der Waals surface area contributed by atoms with E-state index in [2.05, 4.69) is 38.1 Å². The number of aliphatic hydroxyl groups is 1. The second-order valence-corrected chi connectivity index (χ2v) is 5.32. The highest BCUT2D eigenvalue weighted by molar-refractivity contribution is 5.29. The Morgan fingerprint density at radius 3 is 2.06 bits per heavy atom. The molecule has 16 heavy (non-hydrogen) atoms. The van der Waals surface area contributed by atoms with Gasteiger partial charge in [0.1, 0.15) is 0 Å². The van der Waals surface area contributed by atoms with Crippen LogP contribution in [0.5, 0.6) is 0 Å². The maximum Gasteiger partial charge on any atom is 0.0505 e. The van der Waals surface area contributed by atoms with Gasteiger partial charge in [0.15, 0.2) is 0 Å². The van der Waals surface area contributed by atoms with E-state index in [0.29, 0.717) is 5.92 Å². The van der Waals surface area contributed by atoms with Gasteiger partial charge in [0.25, 0.3) is 0 Å². The molecule has 0 amide bonds. The van der Waals surface area contributed by atoms with E-state index in [1.54, 1.807) is 0 Å². The summed E-state index contributed by atoms with van der Waals surface area (Å²) in [5, 5.41) is 9.35. The van der Waals surface area contributed by atoms with Crippen LogP contribution in [-0.2, 0) is 0 Å². The molecule has 1 aliphatic rings. The van der Waals surface area contributed by atoms with E-state index in [-0.39, 0.29) is 18.1 Å². The second kappa shape index (κ2) is 4.19. The van der Waals surface area contributed by atoms with Gasteiger partial charge < -0.3 is 10.8 Å². The van der Waals surface area contributed by atoms with Gasteiger partial charge in [-0.25, -0.2) is 0 Å². The Kier molecular flexibility index (Phi) is 3.04. The highest BCUT2D eigenvalue weighted by Crippen LogP contribution is 2.53. The van der Waals surface area contributed by atoms with Crippen LogP contribution in [0.1, 0.15) is 49.8 Å². The highest BCUT2D eigenvalue weighted by Gasteiger charge is 2.47. The van der Waals surface area contributed by atoms with E-state index in [1.165, 1.54) is 5.56 Å². The number of rotatable bonds is 4. The Bertz CT molecular complexity index is 352. The van der Waals surface area contributed by atoms with Crippen LogP contribution in [0, 0.1) is 5.41 Å². The van der Waals surface area contributed by atoms with Crippen molar-refractivity contribution in [2.24, 2.45) is 11.1 Å². The normalized spacial score (nSPS) is 19.8. The lowest BCUT2D eigenvalue weighted by Gasteiger charge is -2.21. The van der Waals surface area contributed by atoms with Crippen molar-refractivity contribution in [1.29, 1.82) is 0 Å². The Morgan fingerprint density at radius 2 is 1.69 bits per heavy atom. The zero-order chi connectivity index (χ0) is 11.8. The van der Waals surface area contributed by atoms with E-state index < -0.39 is 0 Å². The third-order valence-electron chi connectivity index (χ3n) is 3.83. The molecule has 2 nitrogen and oxygen atoms in total. The second-order valence-electron chi connectivity index (χ2n) is 5.32. The molecule has 0 saturated heterocycles. The zero-order valence-electron chi connectivity index (χ0n) is 10.1. The van der Waals surface area contributed by atoms with Gasteiger partial charge in [-0.15, -0.1) is 0 Å². The molecule has 1 aliphatic carbocycles. The van der Waals surface area contributed by atoms with Crippen molar-refractivity contribution in [2.75, 3.05) is 6.61 Å². The Morgan fingerprint density at radius 1 is 1.19 bits per heavy atom. The molecule has 1 aromatic rings. The van der Waals surface area contributed by atoms with Crippen molar-refractivity contribution >= 4 is 0 Å². The lowest BCUT2D eigenvalue weighted by Crippen LogP contribution is -2.25. The van der Waals surface area contributed by atoms with Crippen molar-refractivity contribution in [3.63, 3.8) is 0 Å². The van der Waals surface area contributed by atoms with Gasteiger partial charge in [-0.1, -0.05) is 38.1 Å². The van der Waals surface area contributed by atoms with Crippen LogP contribution < -0.4 is 5.73 Å². The standard InChI is InChI=1S/C14H21NO/c1-10(2)11-3-5-12(6-4-11)13(15)14(9-16)7-8-14/h3-6,10,13,16H,7-9,15H2,1-2H3. The van der Waals surface area contributed by atoms with E-state index in [0.717, 1.165) is 18.4 Å². The summed E-state index contributed by atoms with van der Waals surface area (Å²) in [5.41, 5.74) is 8.67. The quantitative estimate of drug-likeness (QED) is 0.817. The monoisotopic (exact) mass is 219 g/mol. The summed E-state index contributed by atoms with van der Waals surface area (Å²) in [7, 11) is 0. The van der Waals surface area contributed by atoms with Gasteiger partial charge >= 0.3 is 0 Å². The number of aliphatic hydroxyl groups excluding tert-OH is 1. The molecular formula is C14H21NO. The molecule has 2 rings (SSSR count). The molecule has 3 N–H and O–H groups in total. The minimum Gasteiger partial charge on any atom is -0.396 e. The smallest absolute Gasteiger partial charge is 0.0505 e. The molecule has 0 bridgehead atoms. The van der Waals surface area contributed by atoms with Crippen molar-refractivity contribution in [2.45, 2.75) is 38.6 Å². The third kappa shape index (κ3) is 2.00. The molecule has 0 radical (unpaired) electrons. The van der Waals surface area contributed by atoms with Crippen LogP contribution in [0.3, 0.4) is 0 Å². The molecule has 0 aliphatic heterocycles. The Labute approximate surface area is 97.5 Å². The summed E-state index contributed by atoms with van der Waals surface area (Å²) in [6.07, 6.45) is 2.10. The highest BCUT2D eigenvalue weighted by atomic mass is 16.3. The molecule has 1 aromatic carbocycles. The summed E-state index contributed by atoms with van der Waals surface area (Å²) in [4.78, 5) is 0. The number of nitrogens with two attached hydrogens (primary N) is 1. The average molecular weight is 219 g/mol. The van der Waals surface area contributed by atoms with E-state index in [1.807, 2.05) is 0 Å². The Balaban J connectivity index is 2.15. The van der Waals surface area contributed by atoms with Crippen LogP contribution in [0.25, 0.3) is 0 Å². The van der Waals surface area contributed by atoms with Gasteiger partial charge in [-0.05, 0) is 29.9 Å². The fourth-order valence-electron chi connectivity index (χ4n) is 2.17.